The highest BCUT2D eigenvalue weighted by Gasteiger charge is 2.23. The van der Waals surface area contributed by atoms with Gasteiger partial charge in [-0.05, 0) is 52.5 Å². The molecule has 1 unspecified atom stereocenters. The Morgan fingerprint density at radius 3 is 2.43 bits per heavy atom. The molecule has 0 saturated heterocycles. The van der Waals surface area contributed by atoms with Gasteiger partial charge in [-0.3, -0.25) is 0 Å². The average molecular weight is 377 g/mol. The van der Waals surface area contributed by atoms with Crippen molar-refractivity contribution in [3.05, 3.63) is 28.2 Å². The summed E-state index contributed by atoms with van der Waals surface area (Å²) in [7, 11) is -3.52. The van der Waals surface area contributed by atoms with Gasteiger partial charge in [0, 0.05) is 17.1 Å². The molecule has 0 amide bonds. The van der Waals surface area contributed by atoms with Gasteiger partial charge in [-0.15, -0.1) is 0 Å². The quantitative estimate of drug-likeness (QED) is 0.731. The first-order valence-electron chi connectivity index (χ1n) is 7.33. The maximum absolute atomic E-state index is 12.6. The molecule has 21 heavy (non-hydrogen) atoms. The van der Waals surface area contributed by atoms with Crippen LogP contribution in [0.1, 0.15) is 39.7 Å². The number of halogens is 1. The van der Waals surface area contributed by atoms with E-state index < -0.39 is 10.0 Å². The number of benzene rings is 1. The second-order valence-corrected chi connectivity index (χ2v) is 7.96. The molecule has 1 aromatic rings. The van der Waals surface area contributed by atoms with E-state index in [0.717, 1.165) is 18.5 Å². The van der Waals surface area contributed by atoms with E-state index >= 15 is 0 Å². The van der Waals surface area contributed by atoms with E-state index in [1.165, 1.54) is 0 Å². The number of hydrogen-bond acceptors (Lipinski definition) is 3. The lowest BCUT2D eigenvalue weighted by molar-refractivity contribution is 0.437. The van der Waals surface area contributed by atoms with Gasteiger partial charge in [0.2, 0.25) is 10.0 Å². The van der Waals surface area contributed by atoms with Crippen LogP contribution in [0.2, 0.25) is 0 Å². The minimum absolute atomic E-state index is 0.0562. The van der Waals surface area contributed by atoms with E-state index in [9.17, 15) is 8.42 Å². The van der Waals surface area contributed by atoms with Gasteiger partial charge in [0.15, 0.2) is 0 Å². The molecule has 0 fully saturated rings. The Balaban J connectivity index is 3.06. The van der Waals surface area contributed by atoms with Crippen LogP contribution in [0.5, 0.6) is 0 Å². The highest BCUT2D eigenvalue weighted by molar-refractivity contribution is 9.10. The Kier molecular flexibility index (Phi) is 7.33. The highest BCUT2D eigenvalue weighted by atomic mass is 79.9. The van der Waals surface area contributed by atoms with Gasteiger partial charge in [-0.2, -0.15) is 0 Å². The standard InChI is InChI=1S/C15H25BrN2O2S/c1-5-14(11(3)4)18-21(19,20)15-9-12(10-17-6-2)7-8-13(15)16/h7-9,11,14,17-18H,5-6,10H2,1-4H3. The van der Waals surface area contributed by atoms with Gasteiger partial charge < -0.3 is 5.32 Å². The van der Waals surface area contributed by atoms with Gasteiger partial charge in [0.25, 0.3) is 0 Å². The predicted molar refractivity (Wildman–Crippen MR) is 90.8 cm³/mol. The molecule has 2 N–H and O–H groups in total. The molecule has 0 heterocycles. The van der Waals surface area contributed by atoms with Crippen molar-refractivity contribution < 1.29 is 8.42 Å². The minimum Gasteiger partial charge on any atom is -0.313 e. The summed E-state index contributed by atoms with van der Waals surface area (Å²) >= 11 is 3.34. The number of nitrogens with one attached hydrogen (secondary N) is 2. The summed E-state index contributed by atoms with van der Waals surface area (Å²) in [6, 6.07) is 5.38. The molecule has 0 bridgehead atoms. The van der Waals surface area contributed by atoms with E-state index in [0.29, 0.717) is 15.9 Å². The van der Waals surface area contributed by atoms with Crippen LogP contribution < -0.4 is 10.0 Å². The molecule has 0 radical (unpaired) electrons. The second kappa shape index (κ2) is 8.27. The Morgan fingerprint density at radius 2 is 1.90 bits per heavy atom. The topological polar surface area (TPSA) is 58.2 Å². The Bertz CT molecular complexity index is 559. The fraction of sp³-hybridized carbons (Fsp3) is 0.600. The third-order valence-electron chi connectivity index (χ3n) is 3.42. The molecule has 0 aliphatic heterocycles. The van der Waals surface area contributed by atoms with Crippen LogP contribution in [0.3, 0.4) is 0 Å². The summed E-state index contributed by atoms with van der Waals surface area (Å²) in [5.74, 6) is 0.258. The molecule has 4 nitrogen and oxygen atoms in total. The average Bonchev–Trinajstić information content (AvgIpc) is 2.43. The molecule has 120 valence electrons. The molecule has 1 rings (SSSR count). The molecule has 0 aromatic heterocycles. The van der Waals surface area contributed by atoms with Crippen LogP contribution in [-0.2, 0) is 16.6 Å². The van der Waals surface area contributed by atoms with Crippen LogP contribution >= 0.6 is 15.9 Å². The number of hydrogen-bond donors (Lipinski definition) is 2. The first-order valence-corrected chi connectivity index (χ1v) is 9.60. The molecule has 0 aliphatic carbocycles. The van der Waals surface area contributed by atoms with Crippen LogP contribution in [0, 0.1) is 5.92 Å². The van der Waals surface area contributed by atoms with Gasteiger partial charge in [0.1, 0.15) is 0 Å². The summed E-state index contributed by atoms with van der Waals surface area (Å²) in [5.41, 5.74) is 0.957. The molecule has 1 aromatic carbocycles. The fourth-order valence-electron chi connectivity index (χ4n) is 2.09. The fourth-order valence-corrected chi connectivity index (χ4v) is 4.57. The van der Waals surface area contributed by atoms with Crippen LogP contribution in [-0.4, -0.2) is 21.0 Å². The van der Waals surface area contributed by atoms with E-state index in [2.05, 4.69) is 26.0 Å². The van der Waals surface area contributed by atoms with Crippen molar-refractivity contribution in [2.24, 2.45) is 5.92 Å². The maximum atomic E-state index is 12.6. The van der Waals surface area contributed by atoms with Crippen LogP contribution in [0.4, 0.5) is 0 Å². The summed E-state index contributed by atoms with van der Waals surface area (Å²) in [6.45, 7) is 9.56. The zero-order valence-electron chi connectivity index (χ0n) is 13.1. The van der Waals surface area contributed by atoms with Gasteiger partial charge >= 0.3 is 0 Å². The molecule has 0 aliphatic rings. The molecule has 0 saturated carbocycles. The van der Waals surface area contributed by atoms with Gasteiger partial charge in [-0.1, -0.05) is 33.8 Å². The van der Waals surface area contributed by atoms with Crippen molar-refractivity contribution in [1.82, 2.24) is 10.0 Å². The maximum Gasteiger partial charge on any atom is 0.241 e. The first-order chi connectivity index (χ1) is 9.81. The normalized spacial score (nSPS) is 13.6. The summed E-state index contributed by atoms with van der Waals surface area (Å²) in [5, 5.41) is 3.20. The lowest BCUT2D eigenvalue weighted by Gasteiger charge is -2.21. The Labute approximate surface area is 136 Å². The van der Waals surface area contributed by atoms with E-state index in [1.54, 1.807) is 12.1 Å². The molecular weight excluding hydrogens is 352 g/mol. The highest BCUT2D eigenvalue weighted by Crippen LogP contribution is 2.24. The lowest BCUT2D eigenvalue weighted by atomic mass is 10.0. The van der Waals surface area contributed by atoms with Crippen molar-refractivity contribution >= 4 is 26.0 Å². The molecule has 6 heteroatoms. The van der Waals surface area contributed by atoms with E-state index in [4.69, 9.17) is 0 Å². The number of sulfonamides is 1. The van der Waals surface area contributed by atoms with Crippen molar-refractivity contribution in [3.8, 4) is 0 Å². The van der Waals surface area contributed by atoms with Gasteiger partial charge in [0.05, 0.1) is 4.90 Å². The second-order valence-electron chi connectivity index (χ2n) is 5.43. The Morgan fingerprint density at radius 1 is 1.24 bits per heavy atom. The SMILES string of the molecule is CCNCc1ccc(Br)c(S(=O)(=O)NC(CC)C(C)C)c1. The van der Waals surface area contributed by atoms with E-state index in [1.807, 2.05) is 33.8 Å². The predicted octanol–water partition coefficient (Wildman–Crippen LogP) is 3.27. The third-order valence-corrected chi connectivity index (χ3v) is 5.90. The van der Waals surface area contributed by atoms with Crippen LogP contribution in [0.15, 0.2) is 27.6 Å². The monoisotopic (exact) mass is 376 g/mol. The minimum atomic E-state index is -3.52. The first kappa shape index (κ1) is 18.6. The molecule has 1 atom stereocenters. The smallest absolute Gasteiger partial charge is 0.241 e. The van der Waals surface area contributed by atoms with Crippen LogP contribution in [0.25, 0.3) is 0 Å². The van der Waals surface area contributed by atoms with Crippen molar-refractivity contribution in [1.29, 1.82) is 0 Å². The summed E-state index contributed by atoms with van der Waals surface area (Å²) in [4.78, 5) is 0.303. The largest absolute Gasteiger partial charge is 0.313 e. The summed E-state index contributed by atoms with van der Waals surface area (Å²) in [6.07, 6.45) is 0.769. The van der Waals surface area contributed by atoms with Crippen molar-refractivity contribution in [2.75, 3.05) is 6.54 Å². The lowest BCUT2D eigenvalue weighted by Crippen LogP contribution is -2.38. The van der Waals surface area contributed by atoms with E-state index in [-0.39, 0.29) is 12.0 Å². The van der Waals surface area contributed by atoms with Gasteiger partial charge in [-0.25, -0.2) is 13.1 Å². The molecule has 0 spiro atoms. The third kappa shape index (κ3) is 5.36. The summed E-state index contributed by atoms with van der Waals surface area (Å²) < 4.78 is 28.6. The molecular formula is C15H25BrN2O2S. The van der Waals surface area contributed by atoms with Crippen molar-refractivity contribution in [3.63, 3.8) is 0 Å². The number of rotatable bonds is 8. The zero-order valence-corrected chi connectivity index (χ0v) is 15.5. The van der Waals surface area contributed by atoms with Crippen molar-refractivity contribution in [2.45, 2.75) is 51.6 Å². The zero-order chi connectivity index (χ0) is 16.0. The Hall–Kier alpha value is -0.430.